The molecule has 4 aliphatic rings. The molecule has 1 heterocycles. The van der Waals surface area contributed by atoms with Crippen LogP contribution in [0.2, 0.25) is 0 Å². The van der Waals surface area contributed by atoms with Crippen molar-refractivity contribution in [2.24, 2.45) is 34.8 Å². The number of carbonyl (C=O) groups is 2. The summed E-state index contributed by atoms with van der Waals surface area (Å²) in [4.78, 5) is 35.6. The van der Waals surface area contributed by atoms with Crippen LogP contribution in [0.3, 0.4) is 0 Å². The molecule has 1 aliphatic heterocycles. The van der Waals surface area contributed by atoms with Crippen molar-refractivity contribution >= 4 is 17.5 Å². The van der Waals surface area contributed by atoms with Crippen molar-refractivity contribution in [1.82, 2.24) is 15.7 Å². The highest BCUT2D eigenvalue weighted by atomic mass is 16.7. The molecule has 7 atom stereocenters. The zero-order chi connectivity index (χ0) is 35.1. The number of anilines is 1. The number of hydrogen-bond donors (Lipinski definition) is 4. The Morgan fingerprint density at radius 3 is 2.50 bits per heavy atom. The normalized spacial score (nSPS) is 26.9. The van der Waals surface area contributed by atoms with Crippen LogP contribution < -0.4 is 26.0 Å². The second-order valence-electron chi connectivity index (χ2n) is 15.2. The van der Waals surface area contributed by atoms with E-state index in [0.29, 0.717) is 35.6 Å². The molecule has 262 valence electrons. The van der Waals surface area contributed by atoms with E-state index in [1.54, 1.807) is 19.1 Å². The average Bonchev–Trinajstić information content (AvgIpc) is 3.42. The van der Waals surface area contributed by atoms with Gasteiger partial charge < -0.3 is 31.1 Å². The van der Waals surface area contributed by atoms with Gasteiger partial charge in [-0.3, -0.25) is 14.4 Å². The van der Waals surface area contributed by atoms with E-state index in [0.717, 1.165) is 40.8 Å². The van der Waals surface area contributed by atoms with Gasteiger partial charge in [0.15, 0.2) is 0 Å². The van der Waals surface area contributed by atoms with Gasteiger partial charge in [-0.2, -0.15) is 5.06 Å². The van der Waals surface area contributed by atoms with Gasteiger partial charge in [0.2, 0.25) is 5.91 Å². The number of methoxy groups -OCH3 is 1. The number of hydrogen-bond acceptors (Lipinski definition) is 8. The van der Waals surface area contributed by atoms with Crippen LogP contribution in [-0.2, 0) is 16.2 Å². The Hall–Kier alpha value is -3.44. The van der Waals surface area contributed by atoms with Crippen LogP contribution >= 0.6 is 0 Å². The number of fused-ring (bicyclic) bond motifs is 2. The first-order valence-corrected chi connectivity index (χ1v) is 17.2. The van der Waals surface area contributed by atoms with Crippen molar-refractivity contribution in [2.75, 3.05) is 39.2 Å². The summed E-state index contributed by atoms with van der Waals surface area (Å²) in [7, 11) is 5.50. The van der Waals surface area contributed by atoms with Crippen molar-refractivity contribution in [3.63, 3.8) is 0 Å². The van der Waals surface area contributed by atoms with Crippen LogP contribution in [0.4, 0.5) is 5.69 Å². The number of aliphatic hydroxyl groups is 1. The maximum Gasteiger partial charge on any atom is 0.251 e. The van der Waals surface area contributed by atoms with Crippen molar-refractivity contribution < 1.29 is 24.3 Å². The molecule has 1 saturated heterocycles. The number of nitrogens with one attached hydrogen (secondary N) is 2. The lowest BCUT2D eigenvalue weighted by Crippen LogP contribution is -2.59. The number of hydroxylamine groups is 2. The molecule has 0 spiro atoms. The molecule has 48 heavy (non-hydrogen) atoms. The van der Waals surface area contributed by atoms with E-state index >= 15 is 0 Å². The maximum absolute atomic E-state index is 14.2. The van der Waals surface area contributed by atoms with Crippen LogP contribution in [0.5, 0.6) is 5.75 Å². The van der Waals surface area contributed by atoms with E-state index < -0.39 is 24.2 Å². The van der Waals surface area contributed by atoms with Gasteiger partial charge in [-0.1, -0.05) is 58.0 Å². The largest absolute Gasteiger partial charge is 0.496 e. The first-order chi connectivity index (χ1) is 22.7. The zero-order valence-electron chi connectivity index (χ0n) is 29.9. The smallest absolute Gasteiger partial charge is 0.251 e. The Labute approximate surface area is 286 Å². The summed E-state index contributed by atoms with van der Waals surface area (Å²) < 4.78 is 6.03. The number of benzene rings is 2. The van der Waals surface area contributed by atoms with E-state index in [2.05, 4.69) is 44.9 Å². The van der Waals surface area contributed by atoms with Gasteiger partial charge >= 0.3 is 0 Å². The van der Waals surface area contributed by atoms with E-state index in [-0.39, 0.29) is 36.4 Å². The lowest BCUT2D eigenvalue weighted by molar-refractivity contribution is -0.174. The number of rotatable bonds is 12. The summed E-state index contributed by atoms with van der Waals surface area (Å²) in [5.74, 6) is 0.996. The van der Waals surface area contributed by atoms with Crippen LogP contribution in [0.1, 0.15) is 63.4 Å². The summed E-state index contributed by atoms with van der Waals surface area (Å²) in [6.45, 7) is 15.7. The third-order valence-corrected chi connectivity index (χ3v) is 10.9. The molecule has 2 aromatic carbocycles. The standard InChI is InChI=1S/C38H55N5O5/c1-21(2)19-40-36(45)26-13-25(14-28(15-26)42(7)8)29-12-10-11-24(35(29)47-9)20-43-34(33(23(4)44)32(18-39)48-43)37(46)41-31-17-27-16-30(22(31)3)38(27,5)6/h10-15,21,23,27,30-34,44H,3,16-20,39H2,1-2,4-9H3,(H,40,45)(H,41,46)/t23-,27+,30-,31-,32-,33-,34-/m0/s1. The monoisotopic (exact) mass is 661 g/mol. The number of ether oxygens (including phenoxy) is 1. The van der Waals surface area contributed by atoms with Crippen LogP contribution in [0, 0.1) is 29.1 Å². The minimum Gasteiger partial charge on any atom is -0.496 e. The molecule has 0 unspecified atom stereocenters. The number of nitrogens with zero attached hydrogens (tertiary/aromatic N) is 2. The molecule has 2 amide bonds. The zero-order valence-corrected chi connectivity index (χ0v) is 29.9. The fraction of sp³-hybridized carbons (Fsp3) is 0.579. The van der Waals surface area contributed by atoms with Crippen molar-refractivity contribution in [3.05, 3.63) is 59.7 Å². The van der Waals surface area contributed by atoms with Crippen LogP contribution in [-0.4, -0.2) is 80.6 Å². The van der Waals surface area contributed by atoms with Crippen molar-refractivity contribution in [3.8, 4) is 16.9 Å². The average molecular weight is 662 g/mol. The minimum absolute atomic E-state index is 0.114. The third-order valence-electron chi connectivity index (χ3n) is 10.9. The first-order valence-electron chi connectivity index (χ1n) is 17.2. The second kappa shape index (κ2) is 14.2. The predicted octanol–water partition coefficient (Wildman–Crippen LogP) is 4.36. The lowest BCUT2D eigenvalue weighted by Gasteiger charge is -2.60. The summed E-state index contributed by atoms with van der Waals surface area (Å²) in [5.41, 5.74) is 11.3. The summed E-state index contributed by atoms with van der Waals surface area (Å²) in [6, 6.07) is 10.7. The highest BCUT2D eigenvalue weighted by Gasteiger charge is 2.56. The molecule has 0 aromatic heterocycles. The SMILES string of the molecule is C=C1[C@@H](NC(=O)[C@@H]2[C@@H]([C@H](C)O)[C@H](CN)ON2Cc2cccc(-c3cc(C(=O)NCC(C)C)cc(N(C)C)c3)c2OC)C[C@H]2C[C@@H]1C2(C)C. The van der Waals surface area contributed by atoms with E-state index in [4.69, 9.17) is 15.3 Å². The van der Waals surface area contributed by atoms with Crippen LogP contribution in [0.25, 0.3) is 11.1 Å². The van der Waals surface area contributed by atoms with Gasteiger partial charge in [-0.25, -0.2) is 0 Å². The predicted molar refractivity (Wildman–Crippen MR) is 189 cm³/mol. The van der Waals surface area contributed by atoms with E-state index in [1.165, 1.54) is 0 Å². The molecule has 10 nitrogen and oxygen atoms in total. The molecule has 10 heteroatoms. The molecular formula is C38H55N5O5. The quantitative estimate of drug-likeness (QED) is 0.247. The molecule has 5 N–H and O–H groups in total. The van der Waals surface area contributed by atoms with Gasteiger partial charge in [0.05, 0.1) is 31.9 Å². The fourth-order valence-corrected chi connectivity index (χ4v) is 7.95. The van der Waals surface area contributed by atoms with Gasteiger partial charge in [0.1, 0.15) is 11.8 Å². The Bertz CT molecular complexity index is 1520. The van der Waals surface area contributed by atoms with Crippen molar-refractivity contribution in [2.45, 2.75) is 78.3 Å². The maximum atomic E-state index is 14.2. The molecule has 3 aliphatic carbocycles. The first kappa shape index (κ1) is 35.9. The Morgan fingerprint density at radius 1 is 1.19 bits per heavy atom. The van der Waals surface area contributed by atoms with Gasteiger partial charge in [0.25, 0.3) is 5.91 Å². The lowest BCUT2D eigenvalue weighted by atomic mass is 9.46. The molecular weight excluding hydrogens is 606 g/mol. The Morgan fingerprint density at radius 2 is 1.92 bits per heavy atom. The summed E-state index contributed by atoms with van der Waals surface area (Å²) in [5, 5.41) is 18.9. The third kappa shape index (κ3) is 6.85. The second-order valence-corrected chi connectivity index (χ2v) is 15.2. The van der Waals surface area contributed by atoms with Gasteiger partial charge in [-0.05, 0) is 66.7 Å². The van der Waals surface area contributed by atoms with Crippen molar-refractivity contribution in [1.29, 1.82) is 0 Å². The minimum atomic E-state index is -0.830. The van der Waals surface area contributed by atoms with E-state index in [9.17, 15) is 14.7 Å². The molecule has 6 rings (SSSR count). The molecule has 4 fully saturated rings. The van der Waals surface area contributed by atoms with Gasteiger partial charge in [0, 0.05) is 55.5 Å². The number of para-hydroxylation sites is 1. The Balaban J connectivity index is 1.46. The molecule has 2 bridgehead atoms. The number of amides is 2. The summed E-state index contributed by atoms with van der Waals surface area (Å²) >= 11 is 0. The molecule has 2 aromatic rings. The van der Waals surface area contributed by atoms with Gasteiger partial charge in [-0.15, -0.1) is 0 Å². The number of nitrogens with two attached hydrogens (primary N) is 1. The highest BCUT2D eigenvalue weighted by molar-refractivity contribution is 5.97. The summed E-state index contributed by atoms with van der Waals surface area (Å²) in [6.07, 6.45) is 0.616. The number of aliphatic hydroxyl groups excluding tert-OH is 1. The molecule has 0 radical (unpaired) electrons. The number of carbonyl (C=O) groups excluding carboxylic acids is 2. The molecule has 3 saturated carbocycles. The topological polar surface area (TPSA) is 129 Å². The van der Waals surface area contributed by atoms with Crippen LogP contribution in [0.15, 0.2) is 48.6 Å². The highest BCUT2D eigenvalue weighted by Crippen LogP contribution is 2.60. The van der Waals surface area contributed by atoms with E-state index in [1.807, 2.05) is 55.4 Å². The fourth-order valence-electron chi connectivity index (χ4n) is 7.95. The Kier molecular flexibility index (Phi) is 10.6.